The third kappa shape index (κ3) is 5.02. The molecule has 0 aliphatic carbocycles. The number of rotatable bonds is 4. The van der Waals surface area contributed by atoms with Gasteiger partial charge in [-0.1, -0.05) is 15.9 Å². The standard InChI is InChI=1S/C20H24BrNO4S/c1-20(2,3)26-19(25)22-7-6-12(11-22)16(18(23)24)10-15-9-13-8-14(21)4-5-17(13)27-15/h4-5,8-9,12,16H,6-7,10-11H2,1-3H3,(H,23,24)/t12-,16-/m0/s1. The highest BCUT2D eigenvalue weighted by Crippen LogP contribution is 2.33. The van der Waals surface area contributed by atoms with Crippen LogP contribution >= 0.6 is 27.3 Å². The van der Waals surface area contributed by atoms with E-state index in [1.807, 2.05) is 39.0 Å². The molecule has 0 spiro atoms. The van der Waals surface area contributed by atoms with Crippen molar-refractivity contribution in [3.8, 4) is 0 Å². The van der Waals surface area contributed by atoms with E-state index in [1.165, 1.54) is 0 Å². The molecular weight excluding hydrogens is 430 g/mol. The Morgan fingerprint density at radius 1 is 1.37 bits per heavy atom. The summed E-state index contributed by atoms with van der Waals surface area (Å²) in [5, 5.41) is 10.9. The third-order valence-electron chi connectivity index (χ3n) is 4.71. The first kappa shape index (κ1) is 20.1. The first-order valence-electron chi connectivity index (χ1n) is 9.01. The zero-order chi connectivity index (χ0) is 19.8. The summed E-state index contributed by atoms with van der Waals surface area (Å²) in [5.74, 6) is -1.37. The Bertz CT molecular complexity index is 857. The molecule has 5 nitrogen and oxygen atoms in total. The number of carbonyl (C=O) groups excluding carboxylic acids is 1. The molecule has 7 heteroatoms. The van der Waals surface area contributed by atoms with E-state index in [0.717, 1.165) is 19.4 Å². The Kier molecular flexibility index (Phi) is 5.82. The number of likely N-dealkylation sites (tertiary alicyclic amines) is 1. The maximum atomic E-state index is 12.3. The monoisotopic (exact) mass is 453 g/mol. The summed E-state index contributed by atoms with van der Waals surface area (Å²) in [7, 11) is 0. The van der Waals surface area contributed by atoms with E-state index in [4.69, 9.17) is 4.74 Å². The molecule has 27 heavy (non-hydrogen) atoms. The highest BCUT2D eigenvalue weighted by molar-refractivity contribution is 9.10. The second-order valence-electron chi connectivity index (χ2n) is 8.02. The normalized spacial score (nSPS) is 18.7. The Hall–Kier alpha value is -1.60. The number of halogens is 1. The van der Waals surface area contributed by atoms with Crippen LogP contribution in [0.15, 0.2) is 28.7 Å². The highest BCUT2D eigenvalue weighted by atomic mass is 79.9. The zero-order valence-corrected chi connectivity index (χ0v) is 18.1. The van der Waals surface area contributed by atoms with Crippen molar-refractivity contribution in [3.63, 3.8) is 0 Å². The predicted molar refractivity (Wildman–Crippen MR) is 110 cm³/mol. The number of fused-ring (bicyclic) bond motifs is 1. The Labute approximate surface area is 171 Å². The molecule has 0 bridgehead atoms. The van der Waals surface area contributed by atoms with Crippen molar-refractivity contribution in [2.75, 3.05) is 13.1 Å². The van der Waals surface area contributed by atoms with Gasteiger partial charge in [0.25, 0.3) is 0 Å². The van der Waals surface area contributed by atoms with Crippen LogP contribution in [0.2, 0.25) is 0 Å². The Morgan fingerprint density at radius 3 is 2.78 bits per heavy atom. The molecule has 3 rings (SSSR count). The summed E-state index contributed by atoms with van der Waals surface area (Å²) in [6.45, 7) is 6.47. The second kappa shape index (κ2) is 7.80. The largest absolute Gasteiger partial charge is 0.481 e. The average molecular weight is 454 g/mol. The lowest BCUT2D eigenvalue weighted by Gasteiger charge is -2.25. The fourth-order valence-electron chi connectivity index (χ4n) is 3.45. The van der Waals surface area contributed by atoms with Crippen molar-refractivity contribution >= 4 is 49.4 Å². The van der Waals surface area contributed by atoms with Gasteiger partial charge in [-0.05, 0) is 69.2 Å². The van der Waals surface area contributed by atoms with Crippen molar-refractivity contribution < 1.29 is 19.4 Å². The molecule has 1 aromatic carbocycles. The van der Waals surface area contributed by atoms with Gasteiger partial charge in [-0.25, -0.2) is 4.79 Å². The summed E-state index contributed by atoms with van der Waals surface area (Å²) in [6, 6.07) is 8.16. The number of benzene rings is 1. The molecule has 2 atom stereocenters. The molecule has 1 aliphatic rings. The average Bonchev–Trinajstić information content (AvgIpc) is 3.16. The van der Waals surface area contributed by atoms with Crippen molar-refractivity contribution in [1.82, 2.24) is 4.90 Å². The minimum Gasteiger partial charge on any atom is -0.481 e. The number of ether oxygens (including phenoxy) is 1. The molecule has 2 heterocycles. The second-order valence-corrected chi connectivity index (χ2v) is 10.1. The van der Waals surface area contributed by atoms with E-state index in [9.17, 15) is 14.7 Å². The first-order valence-corrected chi connectivity index (χ1v) is 10.6. The lowest BCUT2D eigenvalue weighted by atomic mass is 9.88. The first-order chi connectivity index (χ1) is 12.6. The van der Waals surface area contributed by atoms with Gasteiger partial charge in [-0.15, -0.1) is 11.3 Å². The van der Waals surface area contributed by atoms with E-state index in [1.54, 1.807) is 16.2 Å². The number of carboxylic acid groups (broad SMARTS) is 1. The van der Waals surface area contributed by atoms with Gasteiger partial charge in [0.15, 0.2) is 0 Å². The van der Waals surface area contributed by atoms with Gasteiger partial charge in [-0.3, -0.25) is 4.79 Å². The van der Waals surface area contributed by atoms with Crippen molar-refractivity contribution in [3.05, 3.63) is 33.6 Å². The lowest BCUT2D eigenvalue weighted by molar-refractivity contribution is -0.143. The van der Waals surface area contributed by atoms with E-state index in [0.29, 0.717) is 25.9 Å². The number of hydrogen-bond donors (Lipinski definition) is 1. The fraction of sp³-hybridized carbons (Fsp3) is 0.500. The number of carboxylic acids is 1. The van der Waals surface area contributed by atoms with Gasteiger partial charge in [0, 0.05) is 27.1 Å². The zero-order valence-electron chi connectivity index (χ0n) is 15.7. The highest BCUT2D eigenvalue weighted by Gasteiger charge is 2.37. The number of amides is 1. The summed E-state index contributed by atoms with van der Waals surface area (Å²) in [6.07, 6.45) is 0.812. The Morgan fingerprint density at radius 2 is 2.11 bits per heavy atom. The molecule has 0 unspecified atom stereocenters. The van der Waals surface area contributed by atoms with E-state index in [-0.39, 0.29) is 12.0 Å². The number of carbonyl (C=O) groups is 2. The smallest absolute Gasteiger partial charge is 0.410 e. The summed E-state index contributed by atoms with van der Waals surface area (Å²) in [5.41, 5.74) is -0.549. The predicted octanol–water partition coefficient (Wildman–Crippen LogP) is 5.16. The van der Waals surface area contributed by atoms with Crippen LogP contribution in [0.1, 0.15) is 32.1 Å². The molecule has 1 fully saturated rings. The number of nitrogens with zero attached hydrogens (tertiary/aromatic N) is 1. The fourth-order valence-corrected chi connectivity index (χ4v) is 4.93. The van der Waals surface area contributed by atoms with E-state index in [2.05, 4.69) is 22.0 Å². The van der Waals surface area contributed by atoms with Gasteiger partial charge in [0.05, 0.1) is 5.92 Å². The van der Waals surface area contributed by atoms with Gasteiger partial charge >= 0.3 is 12.1 Å². The van der Waals surface area contributed by atoms with Crippen LogP contribution in [0, 0.1) is 11.8 Å². The summed E-state index contributed by atoms with van der Waals surface area (Å²) >= 11 is 5.11. The van der Waals surface area contributed by atoms with Crippen LogP contribution in [-0.2, 0) is 16.0 Å². The lowest BCUT2D eigenvalue weighted by Crippen LogP contribution is -2.36. The molecule has 1 amide bonds. The molecule has 146 valence electrons. The molecule has 1 aliphatic heterocycles. The molecule has 2 aromatic rings. The molecule has 0 radical (unpaired) electrons. The van der Waals surface area contributed by atoms with Crippen LogP contribution in [-0.4, -0.2) is 40.8 Å². The molecule has 1 aromatic heterocycles. The molecule has 1 saturated heterocycles. The van der Waals surface area contributed by atoms with Crippen molar-refractivity contribution in [2.45, 2.75) is 39.2 Å². The summed E-state index contributed by atoms with van der Waals surface area (Å²) < 4.78 is 7.58. The van der Waals surface area contributed by atoms with Gasteiger partial charge in [-0.2, -0.15) is 0 Å². The van der Waals surface area contributed by atoms with E-state index < -0.39 is 17.5 Å². The van der Waals surface area contributed by atoms with Crippen LogP contribution in [0.4, 0.5) is 4.79 Å². The number of aliphatic carboxylic acids is 1. The Balaban J connectivity index is 1.70. The maximum Gasteiger partial charge on any atom is 0.410 e. The van der Waals surface area contributed by atoms with Crippen LogP contribution < -0.4 is 0 Å². The molecule has 1 N–H and O–H groups in total. The van der Waals surface area contributed by atoms with E-state index >= 15 is 0 Å². The topological polar surface area (TPSA) is 66.8 Å². The quantitative estimate of drug-likeness (QED) is 0.693. The maximum absolute atomic E-state index is 12.3. The number of hydrogen-bond acceptors (Lipinski definition) is 4. The van der Waals surface area contributed by atoms with Crippen molar-refractivity contribution in [2.24, 2.45) is 11.8 Å². The summed E-state index contributed by atoms with van der Waals surface area (Å²) in [4.78, 5) is 26.9. The number of thiophene rings is 1. The minimum atomic E-state index is -0.801. The van der Waals surface area contributed by atoms with Gasteiger partial charge in [0.2, 0.25) is 0 Å². The third-order valence-corrected chi connectivity index (χ3v) is 6.34. The SMILES string of the molecule is CC(C)(C)OC(=O)N1CC[C@H]([C@H](Cc2cc3cc(Br)ccc3s2)C(=O)O)C1. The molecular formula is C20H24BrNO4S. The van der Waals surface area contributed by atoms with Crippen molar-refractivity contribution in [1.29, 1.82) is 0 Å². The minimum absolute atomic E-state index is 0.0630. The van der Waals surface area contributed by atoms with Gasteiger partial charge < -0.3 is 14.7 Å². The van der Waals surface area contributed by atoms with Gasteiger partial charge in [0.1, 0.15) is 5.60 Å². The van der Waals surface area contributed by atoms with Crippen LogP contribution in [0.3, 0.4) is 0 Å². The van der Waals surface area contributed by atoms with Crippen LogP contribution in [0.25, 0.3) is 10.1 Å². The molecule has 0 saturated carbocycles. The van der Waals surface area contributed by atoms with Crippen LogP contribution in [0.5, 0.6) is 0 Å².